The Balaban J connectivity index is 1.40. The van der Waals surface area contributed by atoms with Crippen LogP contribution in [0.15, 0.2) is 6.20 Å². The lowest BCUT2D eigenvalue weighted by Crippen LogP contribution is -2.54. The number of nitrogens with one attached hydrogen (secondary N) is 1. The van der Waals surface area contributed by atoms with Gasteiger partial charge >= 0.3 is 0 Å². The minimum absolute atomic E-state index is 0.806. The van der Waals surface area contributed by atoms with Crippen LogP contribution in [0.3, 0.4) is 0 Å². The molecular formula is C16H24N2S. The lowest BCUT2D eigenvalue weighted by Gasteiger charge is -2.54. The number of hydrogen-bond donors (Lipinski definition) is 1. The molecule has 0 atom stereocenters. The van der Waals surface area contributed by atoms with Crippen molar-refractivity contribution in [3.8, 4) is 0 Å². The Kier molecular flexibility index (Phi) is 3.15. The van der Waals surface area contributed by atoms with Gasteiger partial charge in [0.25, 0.3) is 0 Å². The van der Waals surface area contributed by atoms with E-state index in [-0.39, 0.29) is 0 Å². The quantitative estimate of drug-likeness (QED) is 0.908. The summed E-state index contributed by atoms with van der Waals surface area (Å²) >= 11 is 1.89. The fraction of sp³-hybridized carbons (Fsp3) is 0.812. The van der Waals surface area contributed by atoms with E-state index < -0.39 is 0 Å². The smallest absolute Gasteiger partial charge is 0.0925 e. The third-order valence-corrected chi connectivity index (χ3v) is 6.78. The summed E-state index contributed by atoms with van der Waals surface area (Å²) in [5.74, 6) is 4.12. The maximum Gasteiger partial charge on any atom is 0.0925 e. The van der Waals surface area contributed by atoms with E-state index in [4.69, 9.17) is 0 Å². The standard InChI is InChI=1S/C16H24N2S/c1-2-15-17-8-14(19-15)9-18-16-12-4-10-3-11(6-12)7-13(16)5-10/h8,10-13,16,18H,2-7,9H2,1H3. The number of aromatic nitrogens is 1. The van der Waals surface area contributed by atoms with E-state index in [0.717, 1.165) is 42.7 Å². The van der Waals surface area contributed by atoms with E-state index in [1.807, 2.05) is 11.3 Å². The Bertz CT molecular complexity index is 425. The minimum atomic E-state index is 0.806. The molecule has 5 rings (SSSR count). The first kappa shape index (κ1) is 12.3. The van der Waals surface area contributed by atoms with Gasteiger partial charge in [0.05, 0.1) is 5.01 Å². The highest BCUT2D eigenvalue weighted by atomic mass is 32.1. The van der Waals surface area contributed by atoms with Crippen LogP contribution < -0.4 is 5.32 Å². The van der Waals surface area contributed by atoms with Gasteiger partial charge < -0.3 is 5.32 Å². The van der Waals surface area contributed by atoms with Crippen molar-refractivity contribution in [2.24, 2.45) is 23.7 Å². The number of aryl methyl sites for hydroxylation is 1. The maximum atomic E-state index is 4.47. The SMILES string of the molecule is CCc1ncc(CNC2C3CC4CC(C3)CC2C4)s1. The molecule has 3 heteroatoms. The molecule has 19 heavy (non-hydrogen) atoms. The fourth-order valence-corrected chi connectivity index (χ4v) is 5.88. The third kappa shape index (κ3) is 2.25. The molecule has 0 amide bonds. The zero-order valence-electron chi connectivity index (χ0n) is 11.8. The van der Waals surface area contributed by atoms with Crippen molar-refractivity contribution in [3.63, 3.8) is 0 Å². The first-order chi connectivity index (χ1) is 9.31. The van der Waals surface area contributed by atoms with E-state index in [2.05, 4.69) is 23.4 Å². The highest BCUT2D eigenvalue weighted by Gasteiger charge is 2.47. The van der Waals surface area contributed by atoms with Crippen molar-refractivity contribution in [3.05, 3.63) is 16.1 Å². The monoisotopic (exact) mass is 276 g/mol. The summed E-state index contributed by atoms with van der Waals surface area (Å²) < 4.78 is 0. The molecule has 4 saturated carbocycles. The van der Waals surface area contributed by atoms with E-state index in [1.54, 1.807) is 6.42 Å². The molecule has 104 valence electrons. The Hall–Kier alpha value is -0.410. The van der Waals surface area contributed by atoms with Crippen LogP contribution >= 0.6 is 11.3 Å². The van der Waals surface area contributed by atoms with Gasteiger partial charge in [0.15, 0.2) is 0 Å². The molecule has 1 aromatic heterocycles. The van der Waals surface area contributed by atoms with Crippen molar-refractivity contribution in [2.45, 2.75) is 58.0 Å². The highest BCUT2D eigenvalue weighted by molar-refractivity contribution is 7.11. The number of nitrogens with zero attached hydrogens (tertiary/aromatic N) is 1. The second kappa shape index (κ2) is 4.85. The molecule has 1 N–H and O–H groups in total. The minimum Gasteiger partial charge on any atom is -0.308 e. The molecular weight excluding hydrogens is 252 g/mol. The van der Waals surface area contributed by atoms with Crippen LogP contribution in [-0.2, 0) is 13.0 Å². The summed E-state index contributed by atoms with van der Waals surface area (Å²) in [5, 5.41) is 5.17. The zero-order chi connectivity index (χ0) is 12.8. The van der Waals surface area contributed by atoms with Gasteiger partial charge in [0.1, 0.15) is 0 Å². The molecule has 4 fully saturated rings. The van der Waals surface area contributed by atoms with Crippen molar-refractivity contribution in [2.75, 3.05) is 0 Å². The summed E-state index contributed by atoms with van der Waals surface area (Å²) in [5.41, 5.74) is 0. The van der Waals surface area contributed by atoms with Crippen LogP contribution in [0.4, 0.5) is 0 Å². The third-order valence-electron chi connectivity index (χ3n) is 5.64. The molecule has 0 saturated heterocycles. The molecule has 0 aromatic carbocycles. The van der Waals surface area contributed by atoms with Crippen LogP contribution in [0, 0.1) is 23.7 Å². The van der Waals surface area contributed by atoms with Gasteiger partial charge in [-0.1, -0.05) is 6.92 Å². The van der Waals surface area contributed by atoms with E-state index in [0.29, 0.717) is 0 Å². The van der Waals surface area contributed by atoms with Gasteiger partial charge in [-0.3, -0.25) is 0 Å². The zero-order valence-corrected chi connectivity index (χ0v) is 12.6. The molecule has 0 unspecified atom stereocenters. The van der Waals surface area contributed by atoms with Gasteiger partial charge in [0.2, 0.25) is 0 Å². The topological polar surface area (TPSA) is 24.9 Å². The maximum absolute atomic E-state index is 4.47. The van der Waals surface area contributed by atoms with Crippen molar-refractivity contribution in [1.29, 1.82) is 0 Å². The molecule has 1 aromatic rings. The lowest BCUT2D eigenvalue weighted by atomic mass is 9.54. The summed E-state index contributed by atoms with van der Waals surface area (Å²) in [4.78, 5) is 5.89. The average molecular weight is 276 g/mol. The summed E-state index contributed by atoms with van der Waals surface area (Å²) in [6, 6.07) is 0.806. The number of rotatable bonds is 4. The fourth-order valence-electron chi connectivity index (χ4n) is 5.07. The predicted molar refractivity (Wildman–Crippen MR) is 79.2 cm³/mol. The van der Waals surface area contributed by atoms with E-state index in [1.165, 1.54) is 35.6 Å². The second-order valence-electron chi connectivity index (χ2n) is 6.91. The predicted octanol–water partition coefficient (Wildman–Crippen LogP) is 3.62. The van der Waals surface area contributed by atoms with Crippen molar-refractivity contribution in [1.82, 2.24) is 10.3 Å². The largest absolute Gasteiger partial charge is 0.308 e. The Morgan fingerprint density at radius 3 is 2.42 bits per heavy atom. The molecule has 4 bridgehead atoms. The first-order valence-corrected chi connectivity index (χ1v) is 8.80. The Morgan fingerprint density at radius 1 is 1.16 bits per heavy atom. The first-order valence-electron chi connectivity index (χ1n) is 7.98. The second-order valence-corrected chi connectivity index (χ2v) is 8.11. The van der Waals surface area contributed by atoms with Gasteiger partial charge in [-0.15, -0.1) is 11.3 Å². The number of hydrogen-bond acceptors (Lipinski definition) is 3. The summed E-state index contributed by atoms with van der Waals surface area (Å²) in [6.45, 7) is 3.23. The molecule has 0 aliphatic heterocycles. The Labute approximate surface area is 120 Å². The molecule has 0 spiro atoms. The molecule has 4 aliphatic rings. The highest BCUT2D eigenvalue weighted by Crippen LogP contribution is 2.53. The van der Waals surface area contributed by atoms with Gasteiger partial charge in [-0.2, -0.15) is 0 Å². The van der Waals surface area contributed by atoms with Crippen LogP contribution in [0.1, 0.15) is 48.9 Å². The molecule has 4 aliphatic carbocycles. The molecule has 1 heterocycles. The van der Waals surface area contributed by atoms with Crippen LogP contribution in [0.2, 0.25) is 0 Å². The molecule has 2 nitrogen and oxygen atoms in total. The van der Waals surface area contributed by atoms with Crippen LogP contribution in [-0.4, -0.2) is 11.0 Å². The van der Waals surface area contributed by atoms with Crippen LogP contribution in [0.25, 0.3) is 0 Å². The molecule has 0 radical (unpaired) electrons. The van der Waals surface area contributed by atoms with Gasteiger partial charge in [0, 0.05) is 23.7 Å². The summed E-state index contributed by atoms with van der Waals surface area (Å²) in [6.07, 6.45) is 10.7. The Morgan fingerprint density at radius 2 is 1.84 bits per heavy atom. The van der Waals surface area contributed by atoms with E-state index >= 15 is 0 Å². The lowest BCUT2D eigenvalue weighted by molar-refractivity contribution is -0.0141. The number of thiazole rings is 1. The van der Waals surface area contributed by atoms with Gasteiger partial charge in [-0.05, 0) is 62.2 Å². The van der Waals surface area contributed by atoms with Crippen molar-refractivity contribution < 1.29 is 0 Å². The van der Waals surface area contributed by atoms with Crippen molar-refractivity contribution >= 4 is 11.3 Å². The normalized spacial score (nSPS) is 39.9. The van der Waals surface area contributed by atoms with E-state index in [9.17, 15) is 0 Å². The average Bonchev–Trinajstić information content (AvgIpc) is 2.85. The van der Waals surface area contributed by atoms with Gasteiger partial charge in [-0.25, -0.2) is 4.98 Å². The van der Waals surface area contributed by atoms with Crippen LogP contribution in [0.5, 0.6) is 0 Å². The summed E-state index contributed by atoms with van der Waals surface area (Å²) in [7, 11) is 0.